The quantitative estimate of drug-likeness (QED) is 0.928. The second-order valence-electron chi connectivity index (χ2n) is 5.48. The standard InChI is InChI=1S/C14H24ClN3S/c1-4-11-9-18(8-7-17(11)3)14(10(2)16)12-5-6-13(15)19-12/h5-6,10-11,14H,4,7-9,16H2,1-3H3. The Bertz CT molecular complexity index is 407. The van der Waals surface area contributed by atoms with Crippen LogP contribution in [-0.2, 0) is 0 Å². The molecule has 0 aromatic carbocycles. The van der Waals surface area contributed by atoms with Crippen LogP contribution < -0.4 is 5.73 Å². The number of likely N-dealkylation sites (N-methyl/N-ethyl adjacent to an activating group) is 1. The van der Waals surface area contributed by atoms with Crippen molar-refractivity contribution in [3.8, 4) is 0 Å². The minimum absolute atomic E-state index is 0.121. The monoisotopic (exact) mass is 301 g/mol. The number of hydrogen-bond donors (Lipinski definition) is 1. The Labute approximate surface area is 125 Å². The van der Waals surface area contributed by atoms with Crippen LogP contribution >= 0.6 is 22.9 Å². The van der Waals surface area contributed by atoms with Gasteiger partial charge in [-0.25, -0.2) is 0 Å². The molecule has 0 bridgehead atoms. The van der Waals surface area contributed by atoms with E-state index in [2.05, 4.69) is 36.8 Å². The summed E-state index contributed by atoms with van der Waals surface area (Å²) in [5, 5.41) is 0. The molecule has 1 fully saturated rings. The van der Waals surface area contributed by atoms with Gasteiger partial charge in [0.1, 0.15) is 0 Å². The van der Waals surface area contributed by atoms with Crippen molar-refractivity contribution in [1.82, 2.24) is 9.80 Å². The first-order valence-corrected chi connectivity index (χ1v) is 8.17. The average molecular weight is 302 g/mol. The topological polar surface area (TPSA) is 32.5 Å². The lowest BCUT2D eigenvalue weighted by molar-refractivity contribution is 0.0561. The van der Waals surface area contributed by atoms with Gasteiger partial charge in [0, 0.05) is 36.6 Å². The van der Waals surface area contributed by atoms with Gasteiger partial charge in [-0.15, -0.1) is 11.3 Å². The highest BCUT2D eigenvalue weighted by Gasteiger charge is 2.31. The van der Waals surface area contributed by atoms with Gasteiger partial charge in [0.15, 0.2) is 0 Å². The first-order chi connectivity index (χ1) is 9.02. The first-order valence-electron chi connectivity index (χ1n) is 6.98. The zero-order valence-electron chi connectivity index (χ0n) is 12.0. The number of halogens is 1. The van der Waals surface area contributed by atoms with E-state index in [9.17, 15) is 0 Å². The van der Waals surface area contributed by atoms with Gasteiger partial charge in [0.2, 0.25) is 0 Å². The third-order valence-electron chi connectivity index (χ3n) is 4.06. The largest absolute Gasteiger partial charge is 0.326 e. The van der Waals surface area contributed by atoms with Crippen LogP contribution in [0, 0.1) is 0 Å². The molecule has 0 amide bonds. The molecule has 3 unspecified atom stereocenters. The highest BCUT2D eigenvalue weighted by Crippen LogP contribution is 2.33. The number of nitrogens with two attached hydrogens (primary N) is 1. The van der Waals surface area contributed by atoms with E-state index in [4.69, 9.17) is 17.3 Å². The zero-order chi connectivity index (χ0) is 14.0. The van der Waals surface area contributed by atoms with E-state index in [1.165, 1.54) is 11.3 Å². The first kappa shape index (κ1) is 15.3. The Morgan fingerprint density at radius 2 is 2.21 bits per heavy atom. The minimum Gasteiger partial charge on any atom is -0.326 e. The summed E-state index contributed by atoms with van der Waals surface area (Å²) in [6.45, 7) is 7.63. The molecule has 1 aromatic rings. The normalized spacial score (nSPS) is 25.4. The lowest BCUT2D eigenvalue weighted by Crippen LogP contribution is -2.54. The number of thiophene rings is 1. The fourth-order valence-electron chi connectivity index (χ4n) is 2.92. The van der Waals surface area contributed by atoms with Crippen molar-refractivity contribution in [3.63, 3.8) is 0 Å². The highest BCUT2D eigenvalue weighted by molar-refractivity contribution is 7.16. The summed E-state index contributed by atoms with van der Waals surface area (Å²) in [7, 11) is 2.22. The molecule has 19 heavy (non-hydrogen) atoms. The number of piperazine rings is 1. The van der Waals surface area contributed by atoms with Crippen LogP contribution in [-0.4, -0.2) is 48.6 Å². The Morgan fingerprint density at radius 3 is 2.74 bits per heavy atom. The fraction of sp³-hybridized carbons (Fsp3) is 0.714. The van der Waals surface area contributed by atoms with Crippen LogP contribution in [0.5, 0.6) is 0 Å². The molecule has 1 aliphatic heterocycles. The lowest BCUT2D eigenvalue weighted by Gasteiger charge is -2.43. The molecule has 1 aromatic heterocycles. The van der Waals surface area contributed by atoms with Gasteiger partial charge in [0.25, 0.3) is 0 Å². The molecule has 1 aliphatic rings. The van der Waals surface area contributed by atoms with Crippen LogP contribution in [0.1, 0.15) is 31.2 Å². The summed E-state index contributed by atoms with van der Waals surface area (Å²) in [5.41, 5.74) is 6.24. The Morgan fingerprint density at radius 1 is 1.47 bits per heavy atom. The smallest absolute Gasteiger partial charge is 0.0931 e. The molecule has 5 heteroatoms. The van der Waals surface area contributed by atoms with Crippen molar-refractivity contribution in [2.45, 2.75) is 38.4 Å². The molecule has 3 nitrogen and oxygen atoms in total. The predicted octanol–water partition coefficient (Wildman–Crippen LogP) is 2.82. The Hall–Kier alpha value is -0.130. The average Bonchev–Trinajstić information content (AvgIpc) is 2.77. The third kappa shape index (κ3) is 3.50. The maximum absolute atomic E-state index is 6.24. The second kappa shape index (κ2) is 6.55. The molecule has 1 saturated heterocycles. The molecule has 3 atom stereocenters. The number of hydrogen-bond acceptors (Lipinski definition) is 4. The Balaban J connectivity index is 2.16. The van der Waals surface area contributed by atoms with Crippen LogP contribution in [0.25, 0.3) is 0 Å². The van der Waals surface area contributed by atoms with Crippen LogP contribution in [0.15, 0.2) is 12.1 Å². The van der Waals surface area contributed by atoms with E-state index in [1.807, 2.05) is 6.07 Å². The van der Waals surface area contributed by atoms with Gasteiger partial charge in [-0.05, 0) is 32.5 Å². The molecule has 2 rings (SSSR count). The minimum atomic E-state index is 0.121. The van der Waals surface area contributed by atoms with Gasteiger partial charge < -0.3 is 10.6 Å². The van der Waals surface area contributed by atoms with Crippen molar-refractivity contribution in [1.29, 1.82) is 0 Å². The van der Waals surface area contributed by atoms with Crippen molar-refractivity contribution in [2.24, 2.45) is 5.73 Å². The van der Waals surface area contributed by atoms with E-state index < -0.39 is 0 Å². The van der Waals surface area contributed by atoms with Crippen LogP contribution in [0.2, 0.25) is 4.34 Å². The molecule has 0 radical (unpaired) electrons. The fourth-order valence-corrected chi connectivity index (χ4v) is 4.23. The SMILES string of the molecule is CCC1CN(C(c2ccc(Cl)s2)C(C)N)CCN1C. The molecular weight excluding hydrogens is 278 g/mol. The molecule has 0 aliphatic carbocycles. The van der Waals surface area contributed by atoms with Gasteiger partial charge in [-0.2, -0.15) is 0 Å². The summed E-state index contributed by atoms with van der Waals surface area (Å²) in [5.74, 6) is 0. The van der Waals surface area contributed by atoms with Crippen LogP contribution in [0.3, 0.4) is 0 Å². The summed E-state index contributed by atoms with van der Waals surface area (Å²) >= 11 is 7.74. The van der Waals surface area contributed by atoms with E-state index in [1.54, 1.807) is 11.3 Å². The maximum atomic E-state index is 6.24. The molecule has 2 N–H and O–H groups in total. The van der Waals surface area contributed by atoms with Crippen molar-refractivity contribution in [2.75, 3.05) is 26.7 Å². The van der Waals surface area contributed by atoms with E-state index >= 15 is 0 Å². The van der Waals surface area contributed by atoms with Gasteiger partial charge in [0.05, 0.1) is 10.4 Å². The molecule has 0 saturated carbocycles. The van der Waals surface area contributed by atoms with Crippen molar-refractivity contribution in [3.05, 3.63) is 21.3 Å². The number of rotatable bonds is 4. The predicted molar refractivity (Wildman–Crippen MR) is 84.0 cm³/mol. The molecular formula is C14H24ClN3S. The Kier molecular flexibility index (Phi) is 5.26. The van der Waals surface area contributed by atoms with Gasteiger partial charge in [-0.3, -0.25) is 4.90 Å². The van der Waals surface area contributed by atoms with Gasteiger partial charge in [-0.1, -0.05) is 18.5 Å². The number of nitrogens with zero attached hydrogens (tertiary/aromatic N) is 2. The third-order valence-corrected chi connectivity index (χ3v) is 5.36. The summed E-state index contributed by atoms with van der Waals surface area (Å²) in [6.07, 6.45) is 1.18. The zero-order valence-corrected chi connectivity index (χ0v) is 13.5. The second-order valence-corrected chi connectivity index (χ2v) is 7.23. The molecule has 0 spiro atoms. The van der Waals surface area contributed by atoms with Crippen molar-refractivity contribution >= 4 is 22.9 Å². The maximum Gasteiger partial charge on any atom is 0.0931 e. The highest BCUT2D eigenvalue weighted by atomic mass is 35.5. The van der Waals surface area contributed by atoms with E-state index in [0.717, 1.165) is 24.0 Å². The summed E-state index contributed by atoms with van der Waals surface area (Å²) in [6, 6.07) is 5.14. The molecule has 108 valence electrons. The summed E-state index contributed by atoms with van der Waals surface area (Å²) < 4.78 is 0.849. The summed E-state index contributed by atoms with van der Waals surface area (Å²) in [4.78, 5) is 6.27. The van der Waals surface area contributed by atoms with E-state index in [-0.39, 0.29) is 6.04 Å². The van der Waals surface area contributed by atoms with Crippen molar-refractivity contribution < 1.29 is 0 Å². The lowest BCUT2D eigenvalue weighted by atomic mass is 10.0. The van der Waals surface area contributed by atoms with Gasteiger partial charge >= 0.3 is 0 Å². The molecule has 2 heterocycles. The van der Waals surface area contributed by atoms with Crippen LogP contribution in [0.4, 0.5) is 0 Å². The van der Waals surface area contributed by atoms with E-state index in [0.29, 0.717) is 12.1 Å².